The molecule has 1 saturated carbocycles. The van der Waals surface area contributed by atoms with Crippen LogP contribution in [0.5, 0.6) is 0 Å². The maximum Gasteiger partial charge on any atom is 0.335 e. The van der Waals surface area contributed by atoms with Gasteiger partial charge >= 0.3 is 5.97 Å². The molecule has 1 aliphatic heterocycles. The van der Waals surface area contributed by atoms with E-state index in [4.69, 9.17) is 18.9 Å². The van der Waals surface area contributed by atoms with Crippen molar-refractivity contribution in [3.05, 3.63) is 71.8 Å². The predicted molar refractivity (Wildman–Crippen MR) is 121 cm³/mol. The summed E-state index contributed by atoms with van der Waals surface area (Å²) in [7, 11) is 0. The summed E-state index contributed by atoms with van der Waals surface area (Å²) in [4.78, 5) is 24.3. The van der Waals surface area contributed by atoms with Crippen LogP contribution in [0.2, 0.25) is 0 Å². The number of benzene rings is 2. The molecule has 2 aliphatic rings. The molecule has 7 heteroatoms. The van der Waals surface area contributed by atoms with Gasteiger partial charge in [0.15, 0.2) is 6.10 Å². The van der Waals surface area contributed by atoms with Gasteiger partial charge in [-0.3, -0.25) is 4.79 Å². The average molecular weight is 454 g/mol. The Kier molecular flexibility index (Phi) is 7.75. The van der Waals surface area contributed by atoms with Crippen LogP contribution in [0.4, 0.5) is 0 Å². The van der Waals surface area contributed by atoms with Crippen molar-refractivity contribution in [2.75, 3.05) is 6.61 Å². The molecule has 33 heavy (non-hydrogen) atoms. The molecule has 0 bridgehead atoms. The Labute approximate surface area is 194 Å². The van der Waals surface area contributed by atoms with Gasteiger partial charge in [-0.25, -0.2) is 4.79 Å². The van der Waals surface area contributed by atoms with Gasteiger partial charge in [0.05, 0.1) is 32.0 Å². The van der Waals surface area contributed by atoms with Gasteiger partial charge in [0.2, 0.25) is 5.91 Å². The van der Waals surface area contributed by atoms with Crippen molar-refractivity contribution in [1.29, 1.82) is 0 Å². The molecule has 1 amide bonds. The van der Waals surface area contributed by atoms with Crippen LogP contribution in [0.15, 0.2) is 60.7 Å². The Balaban J connectivity index is 1.50. The van der Waals surface area contributed by atoms with Gasteiger partial charge in [-0.15, -0.1) is 0 Å². The zero-order chi connectivity index (χ0) is 23.2. The van der Waals surface area contributed by atoms with Crippen LogP contribution in [-0.2, 0) is 41.8 Å². The third-order valence-corrected chi connectivity index (χ3v) is 6.14. The molecule has 0 aromatic heterocycles. The third-order valence-electron chi connectivity index (χ3n) is 6.14. The van der Waals surface area contributed by atoms with Crippen LogP contribution in [0.1, 0.15) is 31.4 Å². The van der Waals surface area contributed by atoms with Gasteiger partial charge in [0.25, 0.3) is 0 Å². The number of ether oxygens (including phenoxy) is 4. The van der Waals surface area contributed by atoms with Crippen molar-refractivity contribution in [3.63, 3.8) is 0 Å². The van der Waals surface area contributed by atoms with E-state index in [1.807, 2.05) is 60.7 Å². The fourth-order valence-corrected chi connectivity index (χ4v) is 4.53. The van der Waals surface area contributed by atoms with Crippen LogP contribution in [0.3, 0.4) is 0 Å². The molecule has 1 N–H and O–H groups in total. The smallest absolute Gasteiger partial charge is 0.335 e. The van der Waals surface area contributed by atoms with Gasteiger partial charge < -0.3 is 24.3 Å². The summed E-state index contributed by atoms with van der Waals surface area (Å²) in [5.74, 6) is -0.700. The normalized spacial score (nSPS) is 29.1. The topological polar surface area (TPSA) is 83.1 Å². The number of carbonyl (C=O) groups excluding carboxylic acids is 2. The summed E-state index contributed by atoms with van der Waals surface area (Å²) in [6.45, 7) is 4.39. The van der Waals surface area contributed by atoms with Crippen LogP contribution < -0.4 is 5.32 Å². The number of esters is 1. The number of fused-ring (bicyclic) bond motifs is 1. The first-order valence-electron chi connectivity index (χ1n) is 11.4. The lowest BCUT2D eigenvalue weighted by molar-refractivity contribution is -0.232. The molecule has 7 nitrogen and oxygen atoms in total. The third kappa shape index (κ3) is 5.99. The first-order chi connectivity index (χ1) is 16.0. The maximum atomic E-state index is 12.3. The highest BCUT2D eigenvalue weighted by Gasteiger charge is 2.52. The molecular formula is C26H31NO6. The zero-order valence-electron chi connectivity index (χ0n) is 19.0. The van der Waals surface area contributed by atoms with E-state index in [1.54, 1.807) is 6.92 Å². The quantitative estimate of drug-likeness (QED) is 0.619. The van der Waals surface area contributed by atoms with Gasteiger partial charge in [0.1, 0.15) is 12.2 Å². The minimum Gasteiger partial charge on any atom is -0.457 e. The van der Waals surface area contributed by atoms with Crippen molar-refractivity contribution in [3.8, 4) is 0 Å². The van der Waals surface area contributed by atoms with E-state index in [9.17, 15) is 9.59 Å². The van der Waals surface area contributed by atoms with E-state index in [0.29, 0.717) is 26.2 Å². The lowest BCUT2D eigenvalue weighted by atomic mass is 9.78. The first-order valence-corrected chi connectivity index (χ1v) is 11.4. The average Bonchev–Trinajstić information content (AvgIpc) is 2.81. The second-order valence-corrected chi connectivity index (χ2v) is 8.70. The second-order valence-electron chi connectivity index (χ2n) is 8.70. The molecule has 1 aliphatic carbocycles. The first kappa shape index (κ1) is 23.4. The number of hydrogen-bond donors (Lipinski definition) is 1. The Morgan fingerprint density at radius 1 is 1.00 bits per heavy atom. The van der Waals surface area contributed by atoms with Crippen molar-refractivity contribution in [1.82, 2.24) is 5.32 Å². The molecule has 2 fully saturated rings. The molecule has 2 aromatic carbocycles. The Morgan fingerprint density at radius 2 is 1.64 bits per heavy atom. The lowest BCUT2D eigenvalue weighted by Crippen LogP contribution is -2.66. The minimum atomic E-state index is -0.707. The summed E-state index contributed by atoms with van der Waals surface area (Å²) in [5, 5.41) is 2.98. The van der Waals surface area contributed by atoms with Crippen molar-refractivity contribution in [2.45, 2.75) is 63.9 Å². The predicted octanol–water partition coefficient (Wildman–Crippen LogP) is 3.01. The molecule has 3 unspecified atom stereocenters. The highest BCUT2D eigenvalue weighted by molar-refractivity contribution is 5.75. The Morgan fingerprint density at radius 3 is 2.27 bits per heavy atom. The highest BCUT2D eigenvalue weighted by atomic mass is 16.6. The van der Waals surface area contributed by atoms with Crippen molar-refractivity contribution >= 4 is 11.9 Å². The minimum absolute atomic E-state index is 0.124. The molecule has 6 atom stereocenters. The Bertz CT molecular complexity index is 921. The molecule has 2 aromatic rings. The highest BCUT2D eigenvalue weighted by Crippen LogP contribution is 2.36. The van der Waals surface area contributed by atoms with Crippen LogP contribution in [0, 0.1) is 5.92 Å². The number of hydrogen-bond acceptors (Lipinski definition) is 6. The molecule has 0 radical (unpaired) electrons. The van der Waals surface area contributed by atoms with E-state index in [2.05, 4.69) is 5.32 Å². The zero-order valence-corrected chi connectivity index (χ0v) is 19.0. The van der Waals surface area contributed by atoms with Crippen molar-refractivity contribution < 1.29 is 28.5 Å². The summed E-state index contributed by atoms with van der Waals surface area (Å²) < 4.78 is 24.2. The van der Waals surface area contributed by atoms with Gasteiger partial charge in [-0.2, -0.15) is 0 Å². The van der Waals surface area contributed by atoms with E-state index in [1.165, 1.54) is 6.92 Å². The number of carbonyl (C=O) groups is 2. The number of rotatable bonds is 8. The van der Waals surface area contributed by atoms with Crippen LogP contribution in [-0.4, -0.2) is 48.9 Å². The largest absolute Gasteiger partial charge is 0.457 e. The SMILES string of the molecule is CC(=O)NC1[C@@H](OCc2ccccc2)CC(COCc2ccccc2)[C@H]2OC(=O)C(C)O[C@H]12. The standard InChI is InChI=1S/C26H31NO6/c1-17-26(29)33-24-21(16-30-14-19-9-5-3-6-10-19)13-22(23(25(24)32-17)27-18(2)28)31-15-20-11-7-4-8-12-20/h3-12,17,21-25H,13-16H2,1-2H3,(H,27,28)/t17?,21?,22-,23?,24+,25+/m0/s1. The van der Waals surface area contributed by atoms with E-state index >= 15 is 0 Å². The molecule has 176 valence electrons. The van der Waals surface area contributed by atoms with Crippen molar-refractivity contribution in [2.24, 2.45) is 5.92 Å². The summed E-state index contributed by atoms with van der Waals surface area (Å²) in [5.41, 5.74) is 2.12. The summed E-state index contributed by atoms with van der Waals surface area (Å²) in [6.07, 6.45) is -1.48. The maximum absolute atomic E-state index is 12.3. The molecule has 4 rings (SSSR count). The van der Waals surface area contributed by atoms with Gasteiger partial charge in [-0.1, -0.05) is 60.7 Å². The fraction of sp³-hybridized carbons (Fsp3) is 0.462. The van der Waals surface area contributed by atoms with Gasteiger partial charge in [0, 0.05) is 12.8 Å². The molecular weight excluding hydrogens is 422 g/mol. The monoisotopic (exact) mass is 453 g/mol. The van der Waals surface area contributed by atoms with Crippen LogP contribution in [0.25, 0.3) is 0 Å². The lowest BCUT2D eigenvalue weighted by Gasteiger charge is -2.49. The number of nitrogens with one attached hydrogen (secondary N) is 1. The summed E-state index contributed by atoms with van der Waals surface area (Å²) >= 11 is 0. The van der Waals surface area contributed by atoms with Crippen LogP contribution >= 0.6 is 0 Å². The van der Waals surface area contributed by atoms with E-state index < -0.39 is 30.3 Å². The van der Waals surface area contributed by atoms with E-state index in [0.717, 1.165) is 11.1 Å². The number of amides is 1. The van der Waals surface area contributed by atoms with Gasteiger partial charge in [-0.05, 0) is 24.5 Å². The second kappa shape index (κ2) is 10.9. The molecule has 0 spiro atoms. The molecule has 1 heterocycles. The fourth-order valence-electron chi connectivity index (χ4n) is 4.53. The molecule has 1 saturated heterocycles. The summed E-state index contributed by atoms with van der Waals surface area (Å²) in [6, 6.07) is 19.4. The van der Waals surface area contributed by atoms with E-state index in [-0.39, 0.29) is 17.9 Å². The Hall–Kier alpha value is -2.74.